The topological polar surface area (TPSA) is 18.5 Å². The average Bonchev–Trinajstić information content (AvgIpc) is 2.56. The molecule has 2 fully saturated rings. The maximum absolute atomic E-state index is 3.70. The standard InChI is InChI=1S/C18H29N3/c1-15(2)20-11-13-21(14-12-20)18-9-4-3-7-16(18)17-8-5-6-10-19-17/h3-4,7,9,15,17,19H,5-6,8,10-14H2,1-2H3. The Morgan fingerprint density at radius 3 is 2.48 bits per heavy atom. The largest absolute Gasteiger partial charge is 0.369 e. The van der Waals surface area contributed by atoms with Gasteiger partial charge in [-0.3, -0.25) is 4.90 Å². The van der Waals surface area contributed by atoms with Crippen LogP contribution in [-0.2, 0) is 0 Å². The number of hydrogen-bond acceptors (Lipinski definition) is 3. The summed E-state index contributed by atoms with van der Waals surface area (Å²) in [5, 5.41) is 3.70. The van der Waals surface area contributed by atoms with Gasteiger partial charge in [0.05, 0.1) is 0 Å². The van der Waals surface area contributed by atoms with Gasteiger partial charge in [0, 0.05) is 44.0 Å². The van der Waals surface area contributed by atoms with Gasteiger partial charge >= 0.3 is 0 Å². The van der Waals surface area contributed by atoms with E-state index in [0.29, 0.717) is 12.1 Å². The van der Waals surface area contributed by atoms with Gasteiger partial charge in [-0.25, -0.2) is 0 Å². The normalized spacial score (nSPS) is 24.5. The van der Waals surface area contributed by atoms with Crippen LogP contribution in [0.5, 0.6) is 0 Å². The second-order valence-electron chi connectivity index (χ2n) is 6.68. The zero-order chi connectivity index (χ0) is 14.7. The lowest BCUT2D eigenvalue weighted by molar-refractivity contribution is 0.209. The van der Waals surface area contributed by atoms with Crippen molar-refractivity contribution in [3.05, 3.63) is 29.8 Å². The molecule has 1 unspecified atom stereocenters. The highest BCUT2D eigenvalue weighted by atomic mass is 15.3. The molecule has 1 N–H and O–H groups in total. The molecule has 1 atom stereocenters. The van der Waals surface area contributed by atoms with E-state index in [2.05, 4.69) is 53.2 Å². The van der Waals surface area contributed by atoms with E-state index in [1.807, 2.05) is 0 Å². The van der Waals surface area contributed by atoms with Crippen LogP contribution in [0, 0.1) is 0 Å². The molecule has 3 heteroatoms. The van der Waals surface area contributed by atoms with Crippen molar-refractivity contribution in [2.75, 3.05) is 37.6 Å². The minimum Gasteiger partial charge on any atom is -0.369 e. The van der Waals surface area contributed by atoms with Crippen molar-refractivity contribution < 1.29 is 0 Å². The molecule has 2 heterocycles. The monoisotopic (exact) mass is 287 g/mol. The summed E-state index contributed by atoms with van der Waals surface area (Å²) in [4.78, 5) is 5.17. The van der Waals surface area contributed by atoms with Crippen LogP contribution in [0.2, 0.25) is 0 Å². The number of benzene rings is 1. The molecule has 0 saturated carbocycles. The molecule has 0 amide bonds. The third kappa shape index (κ3) is 3.41. The van der Waals surface area contributed by atoms with Crippen LogP contribution in [0.1, 0.15) is 44.7 Å². The first-order chi connectivity index (χ1) is 10.3. The van der Waals surface area contributed by atoms with Crippen LogP contribution in [0.15, 0.2) is 24.3 Å². The molecule has 1 aromatic rings. The van der Waals surface area contributed by atoms with Gasteiger partial charge in [-0.1, -0.05) is 24.6 Å². The predicted octanol–water partition coefficient (Wildman–Crippen LogP) is 3.03. The minimum absolute atomic E-state index is 0.554. The summed E-state index contributed by atoms with van der Waals surface area (Å²) < 4.78 is 0. The van der Waals surface area contributed by atoms with E-state index in [1.165, 1.54) is 50.1 Å². The van der Waals surface area contributed by atoms with E-state index in [0.717, 1.165) is 13.1 Å². The maximum atomic E-state index is 3.70. The fourth-order valence-corrected chi connectivity index (χ4v) is 3.67. The first-order valence-electron chi connectivity index (χ1n) is 8.57. The van der Waals surface area contributed by atoms with Crippen molar-refractivity contribution in [1.82, 2.24) is 10.2 Å². The Labute approximate surface area is 129 Å². The maximum Gasteiger partial charge on any atom is 0.0415 e. The quantitative estimate of drug-likeness (QED) is 0.922. The summed E-state index contributed by atoms with van der Waals surface area (Å²) in [6.07, 6.45) is 3.96. The number of piperazine rings is 1. The second kappa shape index (κ2) is 6.80. The van der Waals surface area contributed by atoms with Gasteiger partial charge in [-0.15, -0.1) is 0 Å². The molecule has 0 radical (unpaired) electrons. The van der Waals surface area contributed by atoms with Gasteiger partial charge in [0.25, 0.3) is 0 Å². The van der Waals surface area contributed by atoms with Crippen molar-refractivity contribution in [3.8, 4) is 0 Å². The molecule has 0 bridgehead atoms. The third-order valence-corrected chi connectivity index (χ3v) is 5.01. The van der Waals surface area contributed by atoms with E-state index >= 15 is 0 Å². The number of nitrogens with zero attached hydrogens (tertiary/aromatic N) is 2. The molecule has 2 aliphatic rings. The predicted molar refractivity (Wildman–Crippen MR) is 90.0 cm³/mol. The molecule has 2 saturated heterocycles. The Morgan fingerprint density at radius 2 is 1.81 bits per heavy atom. The highest BCUT2D eigenvalue weighted by Crippen LogP contribution is 2.31. The Balaban J connectivity index is 1.73. The molecular weight excluding hydrogens is 258 g/mol. The van der Waals surface area contributed by atoms with Crippen molar-refractivity contribution >= 4 is 5.69 Å². The Morgan fingerprint density at radius 1 is 1.05 bits per heavy atom. The second-order valence-corrected chi connectivity index (χ2v) is 6.68. The first kappa shape index (κ1) is 14.9. The van der Waals surface area contributed by atoms with Crippen molar-refractivity contribution in [2.24, 2.45) is 0 Å². The lowest BCUT2D eigenvalue weighted by atomic mass is 9.95. The van der Waals surface area contributed by atoms with Crippen LogP contribution >= 0.6 is 0 Å². The molecule has 21 heavy (non-hydrogen) atoms. The molecule has 0 aromatic heterocycles. The summed E-state index contributed by atoms with van der Waals surface area (Å²) in [5.74, 6) is 0. The van der Waals surface area contributed by atoms with Crippen molar-refractivity contribution in [1.29, 1.82) is 0 Å². The number of rotatable bonds is 3. The summed E-state index contributed by atoms with van der Waals surface area (Å²) in [6.45, 7) is 10.4. The van der Waals surface area contributed by atoms with E-state index < -0.39 is 0 Å². The number of piperidine rings is 1. The lowest BCUT2D eigenvalue weighted by Crippen LogP contribution is -2.49. The Hall–Kier alpha value is -1.06. The molecular formula is C18H29N3. The lowest BCUT2D eigenvalue weighted by Gasteiger charge is -2.39. The van der Waals surface area contributed by atoms with Gasteiger partial charge < -0.3 is 10.2 Å². The zero-order valence-corrected chi connectivity index (χ0v) is 13.5. The van der Waals surface area contributed by atoms with E-state index in [4.69, 9.17) is 0 Å². The van der Waals surface area contributed by atoms with Crippen molar-refractivity contribution in [3.63, 3.8) is 0 Å². The summed E-state index contributed by atoms with van der Waals surface area (Å²) in [6, 6.07) is 10.3. The van der Waals surface area contributed by atoms with Gasteiger partial charge in [0.2, 0.25) is 0 Å². The smallest absolute Gasteiger partial charge is 0.0415 e. The van der Waals surface area contributed by atoms with Crippen LogP contribution in [0.25, 0.3) is 0 Å². The van der Waals surface area contributed by atoms with E-state index in [-0.39, 0.29) is 0 Å². The van der Waals surface area contributed by atoms with Crippen LogP contribution in [0.4, 0.5) is 5.69 Å². The van der Waals surface area contributed by atoms with Crippen LogP contribution in [-0.4, -0.2) is 43.7 Å². The van der Waals surface area contributed by atoms with Gasteiger partial charge in [0.1, 0.15) is 0 Å². The molecule has 0 aliphatic carbocycles. The fourth-order valence-electron chi connectivity index (χ4n) is 3.67. The molecule has 0 spiro atoms. The molecule has 116 valence electrons. The van der Waals surface area contributed by atoms with Gasteiger partial charge in [-0.2, -0.15) is 0 Å². The zero-order valence-electron chi connectivity index (χ0n) is 13.5. The third-order valence-electron chi connectivity index (χ3n) is 5.01. The fraction of sp³-hybridized carbons (Fsp3) is 0.667. The van der Waals surface area contributed by atoms with Crippen LogP contribution in [0.3, 0.4) is 0 Å². The van der Waals surface area contributed by atoms with E-state index in [9.17, 15) is 0 Å². The number of para-hydroxylation sites is 1. The van der Waals surface area contributed by atoms with Crippen LogP contribution < -0.4 is 10.2 Å². The van der Waals surface area contributed by atoms with Crippen molar-refractivity contribution in [2.45, 2.75) is 45.2 Å². The molecule has 2 aliphatic heterocycles. The average molecular weight is 287 g/mol. The highest BCUT2D eigenvalue weighted by molar-refractivity contribution is 5.55. The number of nitrogens with one attached hydrogen (secondary N) is 1. The molecule has 3 nitrogen and oxygen atoms in total. The SMILES string of the molecule is CC(C)N1CCN(c2ccccc2C2CCCCN2)CC1. The summed E-state index contributed by atoms with van der Waals surface area (Å²) >= 11 is 0. The Kier molecular flexibility index (Phi) is 4.81. The van der Waals surface area contributed by atoms with Gasteiger partial charge in [-0.05, 0) is 44.9 Å². The summed E-state index contributed by atoms with van der Waals surface area (Å²) in [7, 11) is 0. The highest BCUT2D eigenvalue weighted by Gasteiger charge is 2.23. The molecule has 3 rings (SSSR count). The summed E-state index contributed by atoms with van der Waals surface area (Å²) in [5.41, 5.74) is 2.97. The Bertz CT molecular complexity index is 444. The molecule has 1 aromatic carbocycles. The first-order valence-corrected chi connectivity index (χ1v) is 8.57. The van der Waals surface area contributed by atoms with E-state index in [1.54, 1.807) is 0 Å². The van der Waals surface area contributed by atoms with Gasteiger partial charge in [0.15, 0.2) is 0 Å². The number of anilines is 1. The minimum atomic E-state index is 0.554. The number of hydrogen-bond donors (Lipinski definition) is 1.